The number of anilines is 2. The first-order chi connectivity index (χ1) is 13.9. The smallest absolute Gasteiger partial charge is 0.258 e. The van der Waals surface area contributed by atoms with Crippen LogP contribution in [-0.4, -0.2) is 42.8 Å². The van der Waals surface area contributed by atoms with Crippen molar-refractivity contribution in [1.82, 2.24) is 10.2 Å². The third-order valence-electron chi connectivity index (χ3n) is 5.69. The second-order valence-corrected chi connectivity index (χ2v) is 7.86. The molecular formula is C23H26N4O2. The summed E-state index contributed by atoms with van der Waals surface area (Å²) in [5.41, 5.74) is 10.9. The van der Waals surface area contributed by atoms with Crippen molar-refractivity contribution in [3.8, 4) is 0 Å². The number of nitrogens with zero attached hydrogens (tertiary/aromatic N) is 1. The molecule has 150 valence electrons. The van der Waals surface area contributed by atoms with E-state index in [-0.39, 0.29) is 17.7 Å². The number of piperidine rings is 1. The number of nitrogen functional groups attached to an aromatic ring is 1. The molecule has 0 bridgehead atoms. The molecule has 0 spiro atoms. The summed E-state index contributed by atoms with van der Waals surface area (Å²) >= 11 is 0. The van der Waals surface area contributed by atoms with E-state index in [1.807, 2.05) is 24.3 Å². The Hall–Kier alpha value is -3.12. The normalized spacial score (nSPS) is 18.9. The number of rotatable bonds is 4. The monoisotopic (exact) mass is 390 g/mol. The van der Waals surface area contributed by atoms with Crippen LogP contribution < -0.4 is 16.4 Å². The molecule has 6 nitrogen and oxygen atoms in total. The van der Waals surface area contributed by atoms with Gasteiger partial charge in [-0.3, -0.25) is 9.59 Å². The van der Waals surface area contributed by atoms with Gasteiger partial charge in [0.25, 0.3) is 5.91 Å². The average molecular weight is 390 g/mol. The first-order valence-corrected chi connectivity index (χ1v) is 9.94. The Balaban J connectivity index is 1.82. The molecule has 1 saturated heterocycles. The van der Waals surface area contributed by atoms with Gasteiger partial charge < -0.3 is 21.3 Å². The Morgan fingerprint density at radius 3 is 2.41 bits per heavy atom. The zero-order chi connectivity index (χ0) is 20.5. The number of amides is 1. The molecule has 0 aliphatic carbocycles. The van der Waals surface area contributed by atoms with Gasteiger partial charge in [-0.15, -0.1) is 0 Å². The minimum Gasteiger partial charge on any atom is -0.399 e. The van der Waals surface area contributed by atoms with Crippen molar-refractivity contribution in [2.45, 2.75) is 25.8 Å². The van der Waals surface area contributed by atoms with E-state index in [2.05, 4.69) is 22.6 Å². The largest absolute Gasteiger partial charge is 0.399 e. The van der Waals surface area contributed by atoms with Crippen molar-refractivity contribution in [3.05, 3.63) is 59.2 Å². The number of Topliss-reactive ketones (excluding diaryl/α,β-unsaturated/α-hetero) is 1. The number of hydrogen-bond donors (Lipinski definition) is 3. The fourth-order valence-electron chi connectivity index (χ4n) is 3.94. The molecule has 6 heteroatoms. The second kappa shape index (κ2) is 7.72. The van der Waals surface area contributed by atoms with Crippen molar-refractivity contribution in [2.24, 2.45) is 0 Å². The van der Waals surface area contributed by atoms with Gasteiger partial charge in [-0.1, -0.05) is 12.1 Å². The highest BCUT2D eigenvalue weighted by Gasteiger charge is 2.30. The van der Waals surface area contributed by atoms with E-state index in [1.165, 1.54) is 6.92 Å². The lowest BCUT2D eigenvalue weighted by atomic mass is 9.96. The van der Waals surface area contributed by atoms with Gasteiger partial charge in [0, 0.05) is 28.5 Å². The first-order valence-electron chi connectivity index (χ1n) is 9.94. The lowest BCUT2D eigenvalue weighted by Crippen LogP contribution is -2.40. The Morgan fingerprint density at radius 2 is 1.76 bits per heavy atom. The summed E-state index contributed by atoms with van der Waals surface area (Å²) in [6.45, 7) is 3.56. The minimum atomic E-state index is -0.159. The van der Waals surface area contributed by atoms with E-state index in [9.17, 15) is 9.59 Å². The van der Waals surface area contributed by atoms with E-state index in [1.54, 1.807) is 18.2 Å². The van der Waals surface area contributed by atoms with E-state index in [0.29, 0.717) is 16.8 Å². The molecule has 2 aromatic carbocycles. The number of hydrogen-bond acceptors (Lipinski definition) is 5. The van der Waals surface area contributed by atoms with Gasteiger partial charge in [-0.05, 0) is 75.8 Å². The van der Waals surface area contributed by atoms with E-state index >= 15 is 0 Å². The van der Waals surface area contributed by atoms with Gasteiger partial charge in [-0.25, -0.2) is 0 Å². The van der Waals surface area contributed by atoms with Crippen LogP contribution in [0.4, 0.5) is 11.4 Å². The van der Waals surface area contributed by atoms with Crippen molar-refractivity contribution in [3.63, 3.8) is 0 Å². The molecule has 0 radical (unpaired) electrons. The number of nitrogens with one attached hydrogen (secondary N) is 2. The van der Waals surface area contributed by atoms with Crippen LogP contribution >= 0.6 is 0 Å². The van der Waals surface area contributed by atoms with E-state index in [4.69, 9.17) is 5.73 Å². The Kier molecular flexibility index (Phi) is 5.11. The fraction of sp³-hybridized carbons (Fsp3) is 0.304. The van der Waals surface area contributed by atoms with E-state index in [0.717, 1.165) is 48.4 Å². The molecule has 4 N–H and O–H groups in total. The number of carbonyl (C=O) groups is 2. The topological polar surface area (TPSA) is 87.5 Å². The quantitative estimate of drug-likeness (QED) is 0.424. The number of fused-ring (bicyclic) bond motifs is 1. The fourth-order valence-corrected chi connectivity index (χ4v) is 3.94. The van der Waals surface area contributed by atoms with Crippen LogP contribution in [0.2, 0.25) is 0 Å². The van der Waals surface area contributed by atoms with Gasteiger partial charge in [0.1, 0.15) is 0 Å². The number of likely N-dealkylation sites (tertiary alicyclic amines) is 1. The third-order valence-corrected chi connectivity index (χ3v) is 5.69. The maximum Gasteiger partial charge on any atom is 0.258 e. The molecule has 4 rings (SSSR count). The van der Waals surface area contributed by atoms with Crippen LogP contribution in [0.25, 0.3) is 11.3 Å². The molecule has 2 aliphatic heterocycles. The highest BCUT2D eigenvalue weighted by atomic mass is 16.2. The summed E-state index contributed by atoms with van der Waals surface area (Å²) in [6.07, 6.45) is 2.01. The minimum absolute atomic E-state index is 0.0242. The Morgan fingerprint density at radius 1 is 1.10 bits per heavy atom. The number of ketones is 1. The van der Waals surface area contributed by atoms with E-state index < -0.39 is 0 Å². The summed E-state index contributed by atoms with van der Waals surface area (Å²) in [4.78, 5) is 27.2. The number of nitrogens with two attached hydrogens (primary N) is 1. The molecule has 1 amide bonds. The van der Waals surface area contributed by atoms with Crippen molar-refractivity contribution in [1.29, 1.82) is 0 Å². The van der Waals surface area contributed by atoms with Gasteiger partial charge in [-0.2, -0.15) is 0 Å². The molecule has 0 aromatic heterocycles. The van der Waals surface area contributed by atoms with Crippen LogP contribution in [0.5, 0.6) is 0 Å². The summed E-state index contributed by atoms with van der Waals surface area (Å²) in [6, 6.07) is 13.2. The summed E-state index contributed by atoms with van der Waals surface area (Å²) in [5.74, 6) is -0.184. The maximum absolute atomic E-state index is 13.0. The first kappa shape index (κ1) is 19.2. The van der Waals surface area contributed by atoms with Crippen LogP contribution in [0.1, 0.15) is 41.3 Å². The van der Waals surface area contributed by atoms with Crippen LogP contribution in [0.15, 0.2) is 42.5 Å². The standard InChI is InChI=1S/C23H26N4O2/c1-14(28)16-5-8-20-19(13-16)21(23(29)26-20)22(15-3-6-17(24)7-4-15)25-18-9-11-27(2)12-10-18/h3-8,13,18,25H,9-12,24H2,1-2H3,(H,26,29). The zero-order valence-electron chi connectivity index (χ0n) is 16.8. The molecule has 1 fully saturated rings. The zero-order valence-corrected chi connectivity index (χ0v) is 16.8. The molecule has 2 aromatic rings. The highest BCUT2D eigenvalue weighted by Crippen LogP contribution is 2.37. The molecular weight excluding hydrogens is 364 g/mol. The third kappa shape index (κ3) is 3.89. The average Bonchev–Trinajstić information content (AvgIpc) is 3.03. The van der Waals surface area contributed by atoms with Gasteiger partial charge in [0.15, 0.2) is 5.78 Å². The summed E-state index contributed by atoms with van der Waals surface area (Å²) in [7, 11) is 2.12. The van der Waals surface area contributed by atoms with Gasteiger partial charge in [0.05, 0.1) is 11.3 Å². The Labute approximate surface area is 170 Å². The van der Waals surface area contributed by atoms with Gasteiger partial charge >= 0.3 is 0 Å². The lowest BCUT2D eigenvalue weighted by Gasteiger charge is -2.31. The second-order valence-electron chi connectivity index (χ2n) is 7.86. The molecule has 0 saturated carbocycles. The molecule has 2 aliphatic rings. The summed E-state index contributed by atoms with van der Waals surface area (Å²) < 4.78 is 0. The Bertz CT molecular complexity index is 986. The predicted molar refractivity (Wildman–Crippen MR) is 116 cm³/mol. The SMILES string of the molecule is CC(=O)c1ccc2c(c1)C(=C(NC1CCN(C)CC1)c1ccc(N)cc1)C(=O)N2. The van der Waals surface area contributed by atoms with Crippen molar-refractivity contribution >= 4 is 34.3 Å². The number of carbonyl (C=O) groups excluding carboxylic acids is 2. The molecule has 2 heterocycles. The summed E-state index contributed by atoms with van der Waals surface area (Å²) in [5, 5.41) is 6.58. The van der Waals surface area contributed by atoms with Crippen molar-refractivity contribution < 1.29 is 9.59 Å². The van der Waals surface area contributed by atoms with Crippen LogP contribution in [-0.2, 0) is 4.79 Å². The van der Waals surface area contributed by atoms with Gasteiger partial charge in [0.2, 0.25) is 0 Å². The van der Waals surface area contributed by atoms with Crippen molar-refractivity contribution in [2.75, 3.05) is 31.2 Å². The van der Waals surface area contributed by atoms with Crippen LogP contribution in [0.3, 0.4) is 0 Å². The molecule has 0 unspecified atom stereocenters. The lowest BCUT2D eigenvalue weighted by molar-refractivity contribution is -0.110. The number of benzene rings is 2. The molecule has 29 heavy (non-hydrogen) atoms. The predicted octanol–water partition coefficient (Wildman–Crippen LogP) is 2.98. The molecule has 0 atom stereocenters. The van der Waals surface area contributed by atoms with Crippen LogP contribution in [0, 0.1) is 0 Å². The maximum atomic E-state index is 13.0. The highest BCUT2D eigenvalue weighted by molar-refractivity contribution is 6.36.